The molecule has 1 amide bonds. The molecular formula is C21H23F3N6O. The van der Waals surface area contributed by atoms with Crippen molar-refractivity contribution < 1.29 is 18.0 Å². The van der Waals surface area contributed by atoms with Crippen LogP contribution in [0, 0.1) is 0 Å². The summed E-state index contributed by atoms with van der Waals surface area (Å²) in [5.74, 6) is 0.967. The smallest absolute Gasteiger partial charge is 0.325 e. The molecule has 10 heteroatoms. The number of carbonyl (C=O) groups is 1. The molecule has 1 saturated carbocycles. The number of carbonyl (C=O) groups excluding carboxylic acids is 1. The number of anilines is 1. The van der Waals surface area contributed by atoms with Crippen molar-refractivity contribution in [3.05, 3.63) is 60.3 Å². The molecule has 7 nitrogen and oxygen atoms in total. The van der Waals surface area contributed by atoms with Gasteiger partial charge in [-0.15, -0.1) is 0 Å². The number of para-hydroxylation sites is 1. The second kappa shape index (κ2) is 8.54. The first-order valence-corrected chi connectivity index (χ1v) is 9.99. The molecule has 0 unspecified atom stereocenters. The molecular weight excluding hydrogens is 409 g/mol. The highest BCUT2D eigenvalue weighted by molar-refractivity contribution is 5.91. The lowest BCUT2D eigenvalue weighted by Gasteiger charge is -2.18. The maximum atomic E-state index is 12.7. The fraction of sp³-hybridized carbons (Fsp3) is 0.381. The number of hydrogen-bond donors (Lipinski definition) is 1. The summed E-state index contributed by atoms with van der Waals surface area (Å²) in [6, 6.07) is 11.4. The molecule has 31 heavy (non-hydrogen) atoms. The van der Waals surface area contributed by atoms with E-state index in [2.05, 4.69) is 15.4 Å². The van der Waals surface area contributed by atoms with Gasteiger partial charge in [0.25, 0.3) is 0 Å². The molecule has 0 saturated heterocycles. The van der Waals surface area contributed by atoms with Crippen LogP contribution in [0.15, 0.2) is 48.8 Å². The number of nitrogens with one attached hydrogen (secondary N) is 1. The number of halogens is 3. The molecule has 0 aliphatic heterocycles. The fourth-order valence-electron chi connectivity index (χ4n) is 3.39. The fourth-order valence-corrected chi connectivity index (χ4v) is 3.39. The molecule has 1 aliphatic carbocycles. The Kier molecular flexibility index (Phi) is 5.81. The lowest BCUT2D eigenvalue weighted by Crippen LogP contribution is -2.31. The molecule has 3 aromatic rings. The molecule has 1 N–H and O–H groups in total. The molecule has 0 radical (unpaired) electrons. The summed E-state index contributed by atoms with van der Waals surface area (Å²) in [6.45, 7) is -0.998. The second-order valence-electron chi connectivity index (χ2n) is 7.78. The molecule has 0 atom stereocenters. The van der Waals surface area contributed by atoms with Gasteiger partial charge in [-0.1, -0.05) is 18.2 Å². The van der Waals surface area contributed by atoms with Gasteiger partial charge >= 0.3 is 6.18 Å². The predicted octanol–water partition coefficient (Wildman–Crippen LogP) is 3.58. The normalized spacial score (nSPS) is 14.2. The standard InChI is InChI=1S/C21H23F3N6O/c1-28(12-19-25-9-10-29(19)14-21(22,23)24)13-20(31)26-18-11-17(15-7-8-15)27-30(18)16-5-3-2-4-6-16/h2-6,9-11,15H,7-8,12-14H2,1H3,(H,26,31). The second-order valence-corrected chi connectivity index (χ2v) is 7.78. The minimum Gasteiger partial charge on any atom is -0.325 e. The first-order chi connectivity index (χ1) is 14.8. The monoisotopic (exact) mass is 432 g/mol. The highest BCUT2D eigenvalue weighted by atomic mass is 19.4. The summed E-state index contributed by atoms with van der Waals surface area (Å²) in [7, 11) is 1.66. The highest BCUT2D eigenvalue weighted by Gasteiger charge is 2.29. The molecule has 2 heterocycles. The average molecular weight is 432 g/mol. The Morgan fingerprint density at radius 3 is 2.68 bits per heavy atom. The number of imidazole rings is 1. The van der Waals surface area contributed by atoms with E-state index >= 15 is 0 Å². The largest absolute Gasteiger partial charge is 0.406 e. The quantitative estimate of drug-likeness (QED) is 0.591. The first kappa shape index (κ1) is 21.1. The van der Waals surface area contributed by atoms with Crippen LogP contribution in [0.4, 0.5) is 19.0 Å². The van der Waals surface area contributed by atoms with E-state index in [0.717, 1.165) is 28.8 Å². The number of nitrogens with zero attached hydrogens (tertiary/aromatic N) is 5. The number of rotatable bonds is 8. The number of alkyl halides is 3. The van der Waals surface area contributed by atoms with Crippen molar-refractivity contribution >= 4 is 11.7 Å². The Hall–Kier alpha value is -3.14. The summed E-state index contributed by atoms with van der Waals surface area (Å²) in [4.78, 5) is 18.3. The summed E-state index contributed by atoms with van der Waals surface area (Å²) in [6.07, 6.45) is 0.459. The molecule has 0 bridgehead atoms. The van der Waals surface area contributed by atoms with E-state index in [1.165, 1.54) is 12.4 Å². The van der Waals surface area contributed by atoms with E-state index in [0.29, 0.717) is 11.7 Å². The lowest BCUT2D eigenvalue weighted by molar-refractivity contribution is -0.141. The van der Waals surface area contributed by atoms with Gasteiger partial charge in [0.2, 0.25) is 5.91 Å². The van der Waals surface area contributed by atoms with Gasteiger partial charge in [-0.05, 0) is 32.0 Å². The van der Waals surface area contributed by atoms with Gasteiger partial charge in [0.15, 0.2) is 0 Å². The van der Waals surface area contributed by atoms with Crippen molar-refractivity contribution in [3.63, 3.8) is 0 Å². The van der Waals surface area contributed by atoms with Crippen molar-refractivity contribution in [1.29, 1.82) is 0 Å². The van der Waals surface area contributed by atoms with E-state index < -0.39 is 12.7 Å². The molecule has 1 fully saturated rings. The van der Waals surface area contributed by atoms with Gasteiger partial charge in [0.05, 0.1) is 24.5 Å². The van der Waals surface area contributed by atoms with Crippen LogP contribution in [0.1, 0.15) is 30.3 Å². The summed E-state index contributed by atoms with van der Waals surface area (Å²) in [5.41, 5.74) is 1.79. The Morgan fingerprint density at radius 1 is 1.26 bits per heavy atom. The number of benzene rings is 1. The van der Waals surface area contributed by atoms with Crippen molar-refractivity contribution in [2.24, 2.45) is 0 Å². The van der Waals surface area contributed by atoms with Gasteiger partial charge in [0, 0.05) is 24.4 Å². The van der Waals surface area contributed by atoms with Gasteiger partial charge < -0.3 is 9.88 Å². The van der Waals surface area contributed by atoms with Crippen molar-refractivity contribution in [2.75, 3.05) is 18.9 Å². The summed E-state index contributed by atoms with van der Waals surface area (Å²) < 4.78 is 40.8. The third-order valence-corrected chi connectivity index (χ3v) is 4.97. The van der Waals surface area contributed by atoms with Crippen LogP contribution in [0.2, 0.25) is 0 Å². The zero-order valence-electron chi connectivity index (χ0n) is 17.0. The molecule has 1 aromatic carbocycles. The Balaban J connectivity index is 1.42. The van der Waals surface area contributed by atoms with Gasteiger partial charge in [-0.25, -0.2) is 9.67 Å². The predicted molar refractivity (Wildman–Crippen MR) is 109 cm³/mol. The maximum Gasteiger partial charge on any atom is 0.406 e. The van der Waals surface area contributed by atoms with Crippen molar-refractivity contribution in [3.8, 4) is 5.69 Å². The zero-order valence-corrected chi connectivity index (χ0v) is 17.0. The number of likely N-dealkylation sites (N-methyl/N-ethyl adjacent to an activating group) is 1. The van der Waals surface area contributed by atoms with Crippen LogP contribution in [-0.2, 0) is 17.9 Å². The van der Waals surface area contributed by atoms with Crippen LogP contribution < -0.4 is 5.32 Å². The SMILES string of the molecule is CN(CC(=O)Nc1cc(C2CC2)nn1-c1ccccc1)Cc1nccn1CC(F)(F)F. The Labute approximate surface area is 177 Å². The van der Waals surface area contributed by atoms with Crippen molar-refractivity contribution in [1.82, 2.24) is 24.2 Å². The third-order valence-electron chi connectivity index (χ3n) is 4.97. The molecule has 4 rings (SSSR count). The minimum absolute atomic E-state index is 0.00237. The van der Waals surface area contributed by atoms with Crippen molar-refractivity contribution in [2.45, 2.75) is 38.0 Å². The molecule has 1 aliphatic rings. The van der Waals surface area contributed by atoms with Gasteiger partial charge in [-0.2, -0.15) is 18.3 Å². The maximum absolute atomic E-state index is 12.7. The molecule has 2 aromatic heterocycles. The van der Waals surface area contributed by atoms with E-state index in [1.54, 1.807) is 16.6 Å². The Morgan fingerprint density at radius 2 is 2.00 bits per heavy atom. The van der Waals surface area contributed by atoms with Crippen LogP contribution >= 0.6 is 0 Å². The Bertz CT molecular complexity index is 1040. The van der Waals surface area contributed by atoms with Crippen LogP contribution in [0.25, 0.3) is 5.69 Å². The van der Waals surface area contributed by atoms with Crippen LogP contribution in [0.5, 0.6) is 0 Å². The van der Waals surface area contributed by atoms with E-state index in [1.807, 2.05) is 36.4 Å². The number of amides is 1. The topological polar surface area (TPSA) is 68.0 Å². The average Bonchev–Trinajstić information content (AvgIpc) is 3.34. The van der Waals surface area contributed by atoms with Crippen LogP contribution in [0.3, 0.4) is 0 Å². The highest BCUT2D eigenvalue weighted by Crippen LogP contribution is 2.40. The number of hydrogen-bond acceptors (Lipinski definition) is 4. The third kappa shape index (κ3) is 5.52. The minimum atomic E-state index is -4.33. The number of aromatic nitrogens is 4. The van der Waals surface area contributed by atoms with E-state index in [-0.39, 0.29) is 24.8 Å². The van der Waals surface area contributed by atoms with E-state index in [4.69, 9.17) is 0 Å². The molecule has 164 valence electrons. The first-order valence-electron chi connectivity index (χ1n) is 9.99. The molecule has 0 spiro atoms. The van der Waals surface area contributed by atoms with Crippen LogP contribution in [-0.4, -0.2) is 49.9 Å². The lowest BCUT2D eigenvalue weighted by atomic mass is 10.3. The summed E-state index contributed by atoms with van der Waals surface area (Å²) >= 11 is 0. The summed E-state index contributed by atoms with van der Waals surface area (Å²) in [5, 5.41) is 7.54. The van der Waals surface area contributed by atoms with E-state index in [9.17, 15) is 18.0 Å². The van der Waals surface area contributed by atoms with Gasteiger partial charge in [-0.3, -0.25) is 9.69 Å². The zero-order chi connectivity index (χ0) is 22.0. The van der Waals surface area contributed by atoms with Gasteiger partial charge in [0.1, 0.15) is 18.2 Å².